The number of nitrogens with one attached hydrogen (secondary N) is 2. The minimum absolute atomic E-state index is 0.0322. The Morgan fingerprint density at radius 1 is 0.935 bits per heavy atom. The number of nitrogens with zero attached hydrogens (tertiary/aromatic N) is 3. The fraction of sp³-hybridized carbons (Fsp3) is 0.304. The molecule has 0 saturated carbocycles. The number of amides is 2. The predicted octanol–water partition coefficient (Wildman–Crippen LogP) is 1.62. The Labute approximate surface area is 179 Å². The molecule has 1 saturated heterocycles. The van der Waals surface area contributed by atoms with Crippen molar-refractivity contribution < 1.29 is 9.59 Å². The number of rotatable bonds is 6. The third-order valence-corrected chi connectivity index (χ3v) is 5.43. The zero-order valence-corrected chi connectivity index (χ0v) is 17.2. The number of carbonyl (C=O) groups excluding carboxylic acids is 2. The van der Waals surface area contributed by atoms with Gasteiger partial charge in [-0.05, 0) is 37.1 Å². The highest BCUT2D eigenvalue weighted by Crippen LogP contribution is 2.12. The summed E-state index contributed by atoms with van der Waals surface area (Å²) in [5, 5.41) is 5.92. The van der Waals surface area contributed by atoms with Crippen LogP contribution < -0.4 is 16.2 Å². The molecule has 160 valence electrons. The van der Waals surface area contributed by atoms with Gasteiger partial charge in [-0.15, -0.1) is 0 Å². The molecule has 2 amide bonds. The normalized spacial score (nSPS) is 15.0. The minimum Gasteiger partial charge on any atom is -0.352 e. The molecule has 8 nitrogen and oxygen atoms in total. The molecule has 1 aliphatic rings. The summed E-state index contributed by atoms with van der Waals surface area (Å²) in [6.45, 7) is 1.74. The maximum atomic E-state index is 12.6. The van der Waals surface area contributed by atoms with Crippen molar-refractivity contribution in [2.24, 2.45) is 0 Å². The average Bonchev–Trinajstić information content (AvgIpc) is 2.78. The molecule has 1 aliphatic heterocycles. The Bertz CT molecular complexity index is 1120. The summed E-state index contributed by atoms with van der Waals surface area (Å²) >= 11 is 0. The highest BCUT2D eigenvalue weighted by atomic mass is 16.2. The van der Waals surface area contributed by atoms with Crippen LogP contribution >= 0.6 is 0 Å². The van der Waals surface area contributed by atoms with Gasteiger partial charge in [-0.25, -0.2) is 4.98 Å². The van der Waals surface area contributed by atoms with E-state index in [0.29, 0.717) is 17.6 Å². The van der Waals surface area contributed by atoms with E-state index >= 15 is 0 Å². The molecule has 0 spiro atoms. The van der Waals surface area contributed by atoms with Crippen LogP contribution in [0, 0.1) is 0 Å². The number of fused-ring (bicyclic) bond motifs is 1. The molecular formula is C23H25N5O3. The van der Waals surface area contributed by atoms with Crippen molar-refractivity contribution in [3.63, 3.8) is 0 Å². The van der Waals surface area contributed by atoms with Crippen LogP contribution in [0.15, 0.2) is 65.6 Å². The standard InChI is InChI=1S/C23H25N5O3/c29-21(25-17-6-2-1-3-7-17)15-27-12-10-18(11-13-27)26-22(30)16-28-20-9-5-4-8-19(20)24-14-23(28)31/h1-9,14,18H,10-13,15-16H2,(H,25,29)(H,26,30). The van der Waals surface area contributed by atoms with Gasteiger partial charge in [0.15, 0.2) is 0 Å². The van der Waals surface area contributed by atoms with E-state index in [0.717, 1.165) is 31.6 Å². The summed E-state index contributed by atoms with van der Waals surface area (Å²) in [4.78, 5) is 43.2. The van der Waals surface area contributed by atoms with Gasteiger partial charge in [0.05, 0.1) is 23.8 Å². The number of anilines is 1. The number of hydrogen-bond acceptors (Lipinski definition) is 5. The third-order valence-electron chi connectivity index (χ3n) is 5.43. The van der Waals surface area contributed by atoms with Crippen molar-refractivity contribution in [2.75, 3.05) is 25.0 Å². The molecule has 0 radical (unpaired) electrons. The highest BCUT2D eigenvalue weighted by Gasteiger charge is 2.22. The van der Waals surface area contributed by atoms with Crippen LogP contribution in [0.2, 0.25) is 0 Å². The van der Waals surface area contributed by atoms with E-state index in [2.05, 4.69) is 20.5 Å². The summed E-state index contributed by atoms with van der Waals surface area (Å²) in [6.07, 6.45) is 2.77. The van der Waals surface area contributed by atoms with Gasteiger partial charge in [-0.2, -0.15) is 0 Å². The Balaban J connectivity index is 1.27. The van der Waals surface area contributed by atoms with Crippen LogP contribution in [-0.2, 0) is 16.1 Å². The average molecular weight is 419 g/mol. The summed E-state index contributed by atoms with van der Waals surface area (Å²) in [5.41, 5.74) is 1.81. The molecule has 2 N–H and O–H groups in total. The van der Waals surface area contributed by atoms with Gasteiger partial charge in [-0.1, -0.05) is 30.3 Å². The number of benzene rings is 2. The van der Waals surface area contributed by atoms with Crippen molar-refractivity contribution in [3.8, 4) is 0 Å². The summed E-state index contributed by atoms with van der Waals surface area (Å²) < 4.78 is 1.45. The fourth-order valence-electron chi connectivity index (χ4n) is 3.86. The van der Waals surface area contributed by atoms with Crippen LogP contribution in [0.4, 0.5) is 5.69 Å². The maximum absolute atomic E-state index is 12.6. The summed E-state index contributed by atoms with van der Waals surface area (Å²) in [6, 6.07) is 16.7. The molecule has 2 aromatic carbocycles. The van der Waals surface area contributed by atoms with Gasteiger partial charge >= 0.3 is 0 Å². The van der Waals surface area contributed by atoms with E-state index in [1.165, 1.54) is 10.8 Å². The molecule has 1 aromatic heterocycles. The lowest BCUT2D eigenvalue weighted by Crippen LogP contribution is -2.47. The van der Waals surface area contributed by atoms with Gasteiger partial charge in [-0.3, -0.25) is 23.9 Å². The number of piperidine rings is 1. The van der Waals surface area contributed by atoms with Crippen LogP contribution in [0.5, 0.6) is 0 Å². The third kappa shape index (κ3) is 5.35. The second kappa shape index (κ2) is 9.53. The molecular weight excluding hydrogens is 394 g/mol. The number of para-hydroxylation sites is 3. The van der Waals surface area contributed by atoms with Crippen LogP contribution in [0.1, 0.15) is 12.8 Å². The first-order valence-electron chi connectivity index (χ1n) is 10.4. The topological polar surface area (TPSA) is 96.3 Å². The van der Waals surface area contributed by atoms with E-state index in [4.69, 9.17) is 0 Å². The zero-order valence-electron chi connectivity index (χ0n) is 17.2. The predicted molar refractivity (Wildman–Crippen MR) is 119 cm³/mol. The number of hydrogen-bond donors (Lipinski definition) is 2. The Kier molecular flexibility index (Phi) is 6.37. The lowest BCUT2D eigenvalue weighted by atomic mass is 10.0. The van der Waals surface area contributed by atoms with Crippen molar-refractivity contribution in [3.05, 3.63) is 71.1 Å². The minimum atomic E-state index is -0.298. The van der Waals surface area contributed by atoms with Crippen molar-refractivity contribution >= 4 is 28.5 Å². The SMILES string of the molecule is O=C(CN1CCC(NC(=O)Cn2c(=O)cnc3ccccc32)CC1)Nc1ccccc1. The van der Waals surface area contributed by atoms with E-state index in [9.17, 15) is 14.4 Å². The smallest absolute Gasteiger partial charge is 0.269 e. The molecule has 0 atom stereocenters. The van der Waals surface area contributed by atoms with Crippen LogP contribution in [-0.4, -0.2) is 51.9 Å². The molecule has 8 heteroatoms. The Morgan fingerprint density at radius 2 is 1.65 bits per heavy atom. The first-order chi connectivity index (χ1) is 15.1. The van der Waals surface area contributed by atoms with E-state index in [1.54, 1.807) is 6.07 Å². The second-order valence-corrected chi connectivity index (χ2v) is 7.70. The molecule has 1 fully saturated rings. The molecule has 0 aliphatic carbocycles. The van der Waals surface area contributed by atoms with Crippen molar-refractivity contribution in [1.29, 1.82) is 0 Å². The zero-order chi connectivity index (χ0) is 21.6. The van der Waals surface area contributed by atoms with Gasteiger partial charge in [0.2, 0.25) is 11.8 Å². The van der Waals surface area contributed by atoms with Gasteiger partial charge in [0.1, 0.15) is 6.54 Å². The molecule has 0 unspecified atom stereocenters. The van der Waals surface area contributed by atoms with Gasteiger partial charge < -0.3 is 10.6 Å². The lowest BCUT2D eigenvalue weighted by molar-refractivity contribution is -0.123. The first-order valence-corrected chi connectivity index (χ1v) is 10.4. The van der Waals surface area contributed by atoms with Gasteiger partial charge in [0.25, 0.3) is 5.56 Å². The van der Waals surface area contributed by atoms with Crippen molar-refractivity contribution in [2.45, 2.75) is 25.4 Å². The Morgan fingerprint density at radius 3 is 2.42 bits per heavy atom. The summed E-state index contributed by atoms with van der Waals surface area (Å²) in [7, 11) is 0. The fourth-order valence-corrected chi connectivity index (χ4v) is 3.86. The molecule has 31 heavy (non-hydrogen) atoms. The maximum Gasteiger partial charge on any atom is 0.269 e. The number of carbonyl (C=O) groups is 2. The van der Waals surface area contributed by atoms with E-state index < -0.39 is 0 Å². The number of aromatic nitrogens is 2. The first kappa shape index (κ1) is 20.7. The van der Waals surface area contributed by atoms with E-state index in [-0.39, 0.29) is 30.0 Å². The van der Waals surface area contributed by atoms with Crippen molar-refractivity contribution in [1.82, 2.24) is 19.8 Å². The summed E-state index contributed by atoms with van der Waals surface area (Å²) in [5.74, 6) is -0.239. The quantitative estimate of drug-likeness (QED) is 0.633. The van der Waals surface area contributed by atoms with E-state index in [1.807, 2.05) is 48.5 Å². The molecule has 0 bridgehead atoms. The Hall–Kier alpha value is -3.52. The number of likely N-dealkylation sites (tertiary alicyclic amines) is 1. The molecule has 3 aromatic rings. The lowest BCUT2D eigenvalue weighted by Gasteiger charge is -2.31. The molecule has 4 rings (SSSR count). The molecule has 2 heterocycles. The van der Waals surface area contributed by atoms with Crippen LogP contribution in [0.25, 0.3) is 11.0 Å². The monoisotopic (exact) mass is 419 g/mol. The highest BCUT2D eigenvalue weighted by molar-refractivity contribution is 5.92. The largest absolute Gasteiger partial charge is 0.352 e. The van der Waals surface area contributed by atoms with Gasteiger partial charge in [0, 0.05) is 24.8 Å². The van der Waals surface area contributed by atoms with Crippen LogP contribution in [0.3, 0.4) is 0 Å². The second-order valence-electron chi connectivity index (χ2n) is 7.70.